The number of methoxy groups -OCH3 is 3. The van der Waals surface area contributed by atoms with Crippen molar-refractivity contribution in [3.63, 3.8) is 0 Å². The van der Waals surface area contributed by atoms with Crippen LogP contribution in [0.1, 0.15) is 28.8 Å². The summed E-state index contributed by atoms with van der Waals surface area (Å²) in [5.41, 5.74) is 1.10. The van der Waals surface area contributed by atoms with Crippen molar-refractivity contribution in [2.45, 2.75) is 17.7 Å². The van der Waals surface area contributed by atoms with E-state index in [0.29, 0.717) is 41.5 Å². The normalized spacial score (nSPS) is 14.8. The van der Waals surface area contributed by atoms with Crippen molar-refractivity contribution in [3.05, 3.63) is 53.6 Å². The molecule has 160 valence electrons. The quantitative estimate of drug-likeness (QED) is 0.471. The second kappa shape index (κ2) is 9.32. The van der Waals surface area contributed by atoms with Gasteiger partial charge in [0.2, 0.25) is 15.8 Å². The van der Waals surface area contributed by atoms with Crippen LogP contribution in [-0.4, -0.2) is 52.9 Å². The van der Waals surface area contributed by atoms with Gasteiger partial charge in [-0.05, 0) is 60.9 Å². The van der Waals surface area contributed by atoms with Crippen molar-refractivity contribution in [2.24, 2.45) is 0 Å². The van der Waals surface area contributed by atoms with Gasteiger partial charge in [-0.2, -0.15) is 4.31 Å². The van der Waals surface area contributed by atoms with E-state index in [2.05, 4.69) is 0 Å². The zero-order valence-corrected chi connectivity index (χ0v) is 18.1. The first-order chi connectivity index (χ1) is 14.4. The van der Waals surface area contributed by atoms with Crippen LogP contribution in [-0.2, 0) is 10.0 Å². The number of nitrogens with zero attached hydrogens (tertiary/aromatic N) is 1. The van der Waals surface area contributed by atoms with Crippen LogP contribution in [0.25, 0.3) is 6.08 Å². The van der Waals surface area contributed by atoms with E-state index in [-0.39, 0.29) is 10.7 Å². The molecule has 8 heteroatoms. The van der Waals surface area contributed by atoms with E-state index >= 15 is 0 Å². The van der Waals surface area contributed by atoms with Crippen LogP contribution in [0, 0.1) is 0 Å². The summed E-state index contributed by atoms with van der Waals surface area (Å²) in [6.07, 6.45) is 4.81. The lowest BCUT2D eigenvalue weighted by atomic mass is 10.1. The molecule has 2 aromatic rings. The van der Waals surface area contributed by atoms with Gasteiger partial charge >= 0.3 is 0 Å². The van der Waals surface area contributed by atoms with Gasteiger partial charge in [-0.15, -0.1) is 0 Å². The largest absolute Gasteiger partial charge is 0.493 e. The molecule has 7 nitrogen and oxygen atoms in total. The van der Waals surface area contributed by atoms with Crippen LogP contribution in [0.15, 0.2) is 47.4 Å². The minimum atomic E-state index is -3.49. The van der Waals surface area contributed by atoms with Gasteiger partial charge in [-0.3, -0.25) is 4.79 Å². The van der Waals surface area contributed by atoms with E-state index in [1.807, 2.05) is 0 Å². The minimum absolute atomic E-state index is 0.203. The molecule has 0 spiro atoms. The highest BCUT2D eigenvalue weighted by Gasteiger charge is 2.27. The Labute approximate surface area is 176 Å². The number of sulfonamides is 1. The van der Waals surface area contributed by atoms with Crippen molar-refractivity contribution < 1.29 is 27.4 Å². The molecule has 0 radical (unpaired) electrons. The molecule has 0 aliphatic carbocycles. The van der Waals surface area contributed by atoms with Crippen LogP contribution in [0.5, 0.6) is 17.2 Å². The molecule has 0 aromatic heterocycles. The molecule has 1 saturated heterocycles. The monoisotopic (exact) mass is 431 g/mol. The molecule has 1 aliphatic rings. The molecule has 1 aliphatic heterocycles. The Morgan fingerprint density at radius 2 is 1.50 bits per heavy atom. The number of ketones is 1. The van der Waals surface area contributed by atoms with Gasteiger partial charge in [0.05, 0.1) is 26.2 Å². The first-order valence-corrected chi connectivity index (χ1v) is 11.0. The predicted octanol–water partition coefficient (Wildman–Crippen LogP) is 3.39. The summed E-state index contributed by atoms with van der Waals surface area (Å²) in [4.78, 5) is 12.7. The van der Waals surface area contributed by atoms with Gasteiger partial charge in [-0.1, -0.05) is 6.08 Å². The molecule has 1 heterocycles. The van der Waals surface area contributed by atoms with E-state index in [4.69, 9.17) is 14.2 Å². The molecule has 0 atom stereocenters. The van der Waals surface area contributed by atoms with E-state index in [1.54, 1.807) is 18.2 Å². The lowest BCUT2D eigenvalue weighted by molar-refractivity contribution is 0.104. The number of ether oxygens (including phenoxy) is 3. The van der Waals surface area contributed by atoms with E-state index < -0.39 is 10.0 Å². The number of hydrogen-bond donors (Lipinski definition) is 0. The van der Waals surface area contributed by atoms with Crippen LogP contribution in [0.4, 0.5) is 0 Å². The standard InChI is InChI=1S/C22H25NO6S/c1-27-20-14-16(15-21(28-2)22(20)29-3)6-11-19(24)17-7-9-18(10-8-17)30(25,26)23-12-4-5-13-23/h6-11,14-15H,4-5,12-13H2,1-3H3/b11-6+. The summed E-state index contributed by atoms with van der Waals surface area (Å²) >= 11 is 0. The highest BCUT2D eigenvalue weighted by atomic mass is 32.2. The number of hydrogen-bond acceptors (Lipinski definition) is 6. The van der Waals surface area contributed by atoms with Gasteiger partial charge in [0.1, 0.15) is 0 Å². The van der Waals surface area contributed by atoms with Gasteiger partial charge in [0, 0.05) is 18.7 Å². The maximum Gasteiger partial charge on any atom is 0.243 e. The molecular weight excluding hydrogens is 406 g/mol. The third-order valence-corrected chi connectivity index (χ3v) is 6.87. The Hall–Kier alpha value is -2.84. The highest BCUT2D eigenvalue weighted by molar-refractivity contribution is 7.89. The van der Waals surface area contributed by atoms with Gasteiger partial charge in [0.25, 0.3) is 0 Å². The van der Waals surface area contributed by atoms with Gasteiger partial charge < -0.3 is 14.2 Å². The fourth-order valence-electron chi connectivity index (χ4n) is 3.33. The van der Waals surface area contributed by atoms with Crippen LogP contribution in [0.3, 0.4) is 0 Å². The molecule has 0 unspecified atom stereocenters. The van der Waals surface area contributed by atoms with Gasteiger partial charge in [-0.25, -0.2) is 8.42 Å². The Bertz CT molecular complexity index is 1010. The second-order valence-corrected chi connectivity index (χ2v) is 8.73. The zero-order chi connectivity index (χ0) is 21.7. The average molecular weight is 432 g/mol. The fraction of sp³-hybridized carbons (Fsp3) is 0.318. The Morgan fingerprint density at radius 1 is 0.933 bits per heavy atom. The third-order valence-electron chi connectivity index (χ3n) is 4.96. The Balaban J connectivity index is 1.78. The minimum Gasteiger partial charge on any atom is -0.493 e. The summed E-state index contributed by atoms with van der Waals surface area (Å²) in [7, 11) is 1.07. The topological polar surface area (TPSA) is 82.1 Å². The third kappa shape index (κ3) is 4.49. The number of carbonyl (C=O) groups is 1. The molecule has 0 amide bonds. The van der Waals surface area contributed by atoms with E-state index in [9.17, 15) is 13.2 Å². The van der Waals surface area contributed by atoms with E-state index in [1.165, 1.54) is 56.0 Å². The van der Waals surface area contributed by atoms with Crippen molar-refractivity contribution in [3.8, 4) is 17.2 Å². The highest BCUT2D eigenvalue weighted by Crippen LogP contribution is 2.38. The average Bonchev–Trinajstić information content (AvgIpc) is 3.32. The molecular formula is C22H25NO6S. The molecule has 2 aromatic carbocycles. The molecule has 0 bridgehead atoms. The molecule has 0 saturated carbocycles. The Morgan fingerprint density at radius 3 is 2.00 bits per heavy atom. The van der Waals surface area contributed by atoms with Gasteiger partial charge in [0.15, 0.2) is 17.3 Å². The zero-order valence-electron chi connectivity index (χ0n) is 17.3. The SMILES string of the molecule is COc1cc(/C=C/C(=O)c2ccc(S(=O)(=O)N3CCCC3)cc2)cc(OC)c1OC. The summed E-state index contributed by atoms with van der Waals surface area (Å²) in [5, 5.41) is 0. The predicted molar refractivity (Wildman–Crippen MR) is 114 cm³/mol. The number of allylic oxidation sites excluding steroid dienone is 1. The Kier molecular flexibility index (Phi) is 6.79. The number of carbonyl (C=O) groups excluding carboxylic acids is 1. The van der Waals surface area contributed by atoms with E-state index in [0.717, 1.165) is 12.8 Å². The van der Waals surface area contributed by atoms with Crippen molar-refractivity contribution in [1.82, 2.24) is 4.31 Å². The molecule has 3 rings (SSSR count). The maximum atomic E-state index is 12.6. The van der Waals surface area contributed by atoms with Crippen LogP contribution >= 0.6 is 0 Å². The lowest BCUT2D eigenvalue weighted by Gasteiger charge is -2.15. The van der Waals surface area contributed by atoms with Crippen molar-refractivity contribution >= 4 is 21.9 Å². The summed E-state index contributed by atoms with van der Waals surface area (Å²) < 4.78 is 42.6. The van der Waals surface area contributed by atoms with Crippen LogP contribution in [0.2, 0.25) is 0 Å². The van der Waals surface area contributed by atoms with Crippen LogP contribution < -0.4 is 14.2 Å². The number of rotatable bonds is 8. The number of benzene rings is 2. The first-order valence-electron chi connectivity index (χ1n) is 9.53. The lowest BCUT2D eigenvalue weighted by Crippen LogP contribution is -2.27. The summed E-state index contributed by atoms with van der Waals surface area (Å²) in [6.45, 7) is 1.08. The summed E-state index contributed by atoms with van der Waals surface area (Å²) in [5.74, 6) is 1.20. The fourth-order valence-corrected chi connectivity index (χ4v) is 4.85. The molecule has 1 fully saturated rings. The smallest absolute Gasteiger partial charge is 0.243 e. The summed E-state index contributed by atoms with van der Waals surface area (Å²) in [6, 6.07) is 9.49. The first kappa shape index (κ1) is 21.9. The molecule has 0 N–H and O–H groups in total. The van der Waals surface area contributed by atoms with Crippen molar-refractivity contribution in [2.75, 3.05) is 34.4 Å². The molecule has 30 heavy (non-hydrogen) atoms. The maximum absolute atomic E-state index is 12.6. The van der Waals surface area contributed by atoms with Crippen molar-refractivity contribution in [1.29, 1.82) is 0 Å². The second-order valence-electron chi connectivity index (χ2n) is 6.79.